The van der Waals surface area contributed by atoms with Crippen LogP contribution in [0.25, 0.3) is 0 Å². The molecule has 0 unspecified atom stereocenters. The number of amides is 2. The first kappa shape index (κ1) is 34.2. The second-order valence-electron chi connectivity index (χ2n) is 9.02. The second kappa shape index (κ2) is 21.3. The van der Waals surface area contributed by atoms with Gasteiger partial charge in [0.2, 0.25) is 11.8 Å². The summed E-state index contributed by atoms with van der Waals surface area (Å²) in [5, 5.41) is 5.69. The standard InChI is InChI=1S/C27H50N2O7/c1-7-20(8-2)26(32)29-23(11-5)25(31)19-21(9-3)27(33)28-22(10-4)24(30)13-12-14-35-17-18-36-16-15-34-6/h20-23H,7-19H2,1-6H3,(H,28,33)(H,29,32)/t21-,22+,23+/m1/s1. The van der Waals surface area contributed by atoms with E-state index in [0.717, 1.165) is 12.8 Å². The first-order chi connectivity index (χ1) is 17.3. The number of carbonyl (C=O) groups is 4. The Hall–Kier alpha value is -1.84. The molecular weight excluding hydrogens is 464 g/mol. The van der Waals surface area contributed by atoms with Crippen LogP contribution in [-0.4, -0.2) is 75.6 Å². The Kier molecular flexibility index (Phi) is 20.2. The molecule has 0 fully saturated rings. The van der Waals surface area contributed by atoms with Gasteiger partial charge in [0.15, 0.2) is 11.6 Å². The minimum atomic E-state index is -0.603. The summed E-state index contributed by atoms with van der Waals surface area (Å²) in [6, 6.07) is -1.19. The summed E-state index contributed by atoms with van der Waals surface area (Å²) < 4.78 is 15.7. The highest BCUT2D eigenvalue weighted by Gasteiger charge is 2.29. The van der Waals surface area contributed by atoms with Gasteiger partial charge in [-0.25, -0.2) is 0 Å². The number of methoxy groups -OCH3 is 1. The minimum absolute atomic E-state index is 0.0367. The molecule has 0 aromatic carbocycles. The Morgan fingerprint density at radius 3 is 1.58 bits per heavy atom. The summed E-state index contributed by atoms with van der Waals surface area (Å²) in [7, 11) is 1.62. The van der Waals surface area contributed by atoms with Crippen LogP contribution in [-0.2, 0) is 33.4 Å². The third-order valence-corrected chi connectivity index (χ3v) is 6.41. The minimum Gasteiger partial charge on any atom is -0.382 e. The van der Waals surface area contributed by atoms with Gasteiger partial charge in [0, 0.05) is 38.4 Å². The maximum atomic E-state index is 12.9. The molecule has 0 aliphatic carbocycles. The summed E-state index contributed by atoms with van der Waals surface area (Å²) in [5.41, 5.74) is 0. The molecule has 0 bridgehead atoms. The Bertz CT molecular complexity index is 638. The van der Waals surface area contributed by atoms with Crippen molar-refractivity contribution in [1.29, 1.82) is 0 Å². The van der Waals surface area contributed by atoms with Gasteiger partial charge in [-0.2, -0.15) is 0 Å². The molecule has 0 aliphatic rings. The molecule has 0 spiro atoms. The molecule has 0 saturated carbocycles. The third kappa shape index (κ3) is 14.0. The van der Waals surface area contributed by atoms with E-state index in [4.69, 9.17) is 14.2 Å². The van der Waals surface area contributed by atoms with E-state index in [-0.39, 0.29) is 35.7 Å². The predicted octanol–water partition coefficient (Wildman–Crippen LogP) is 3.23. The van der Waals surface area contributed by atoms with Gasteiger partial charge in [-0.05, 0) is 38.5 Å². The molecule has 0 aromatic rings. The van der Waals surface area contributed by atoms with Gasteiger partial charge in [-0.3, -0.25) is 19.2 Å². The second-order valence-corrected chi connectivity index (χ2v) is 9.02. The Morgan fingerprint density at radius 2 is 1.08 bits per heavy atom. The highest BCUT2D eigenvalue weighted by molar-refractivity contribution is 5.94. The number of nitrogens with one attached hydrogen (secondary N) is 2. The van der Waals surface area contributed by atoms with Gasteiger partial charge in [-0.15, -0.1) is 0 Å². The Balaban J connectivity index is 4.62. The lowest BCUT2D eigenvalue weighted by Gasteiger charge is -2.23. The first-order valence-electron chi connectivity index (χ1n) is 13.6. The normalized spacial score (nSPS) is 13.8. The van der Waals surface area contributed by atoms with E-state index in [1.165, 1.54) is 0 Å². The summed E-state index contributed by atoms with van der Waals surface area (Å²) in [5.74, 6) is -1.26. The van der Waals surface area contributed by atoms with E-state index >= 15 is 0 Å². The van der Waals surface area contributed by atoms with Crippen molar-refractivity contribution >= 4 is 23.4 Å². The molecule has 0 heterocycles. The van der Waals surface area contributed by atoms with E-state index in [9.17, 15) is 19.2 Å². The average Bonchev–Trinajstić information content (AvgIpc) is 2.88. The summed E-state index contributed by atoms with van der Waals surface area (Å²) in [4.78, 5) is 50.8. The van der Waals surface area contributed by atoms with Crippen LogP contribution < -0.4 is 10.6 Å². The highest BCUT2D eigenvalue weighted by Crippen LogP contribution is 2.15. The van der Waals surface area contributed by atoms with E-state index < -0.39 is 18.0 Å². The summed E-state index contributed by atoms with van der Waals surface area (Å²) >= 11 is 0. The van der Waals surface area contributed by atoms with Crippen LogP contribution >= 0.6 is 0 Å². The lowest BCUT2D eigenvalue weighted by molar-refractivity contribution is -0.134. The van der Waals surface area contributed by atoms with Gasteiger partial charge < -0.3 is 24.8 Å². The van der Waals surface area contributed by atoms with E-state index in [0.29, 0.717) is 65.1 Å². The van der Waals surface area contributed by atoms with Gasteiger partial charge in [0.1, 0.15) is 0 Å². The smallest absolute Gasteiger partial charge is 0.224 e. The molecule has 0 aliphatic heterocycles. The van der Waals surface area contributed by atoms with Crippen LogP contribution in [0.5, 0.6) is 0 Å². The van der Waals surface area contributed by atoms with E-state index in [1.807, 2.05) is 34.6 Å². The Morgan fingerprint density at radius 1 is 0.611 bits per heavy atom. The molecule has 210 valence electrons. The number of rotatable bonds is 23. The quantitative estimate of drug-likeness (QED) is 0.201. The van der Waals surface area contributed by atoms with Crippen molar-refractivity contribution in [2.45, 2.75) is 98.1 Å². The van der Waals surface area contributed by atoms with Crippen LogP contribution in [0.1, 0.15) is 86.0 Å². The average molecular weight is 515 g/mol. The van der Waals surface area contributed by atoms with Crippen molar-refractivity contribution in [3.63, 3.8) is 0 Å². The SMILES string of the molecule is CCC(CC)C(=O)N[C@@H](CC)C(=O)C[C@@H](CC)C(=O)N[C@@H](CC)C(=O)CCCOCCOCCOC. The molecule has 0 radical (unpaired) electrons. The molecule has 36 heavy (non-hydrogen) atoms. The van der Waals surface area contributed by atoms with Crippen molar-refractivity contribution < 1.29 is 33.4 Å². The molecule has 9 heteroatoms. The lowest BCUT2D eigenvalue weighted by Crippen LogP contribution is -2.46. The van der Waals surface area contributed by atoms with Gasteiger partial charge >= 0.3 is 0 Å². The summed E-state index contributed by atoms with van der Waals surface area (Å²) in [6.45, 7) is 11.9. The molecular formula is C27H50N2O7. The number of ether oxygens (including phenoxy) is 3. The zero-order valence-corrected chi connectivity index (χ0v) is 23.4. The van der Waals surface area contributed by atoms with Crippen LogP contribution in [0, 0.1) is 11.8 Å². The van der Waals surface area contributed by atoms with Crippen molar-refractivity contribution in [2.24, 2.45) is 11.8 Å². The zero-order chi connectivity index (χ0) is 27.3. The van der Waals surface area contributed by atoms with Gasteiger partial charge in [0.25, 0.3) is 0 Å². The molecule has 0 saturated heterocycles. The topological polar surface area (TPSA) is 120 Å². The van der Waals surface area contributed by atoms with Gasteiger partial charge in [0.05, 0.1) is 38.5 Å². The molecule has 2 N–H and O–H groups in total. The maximum absolute atomic E-state index is 12.9. The molecule has 9 nitrogen and oxygen atoms in total. The van der Waals surface area contributed by atoms with E-state index in [1.54, 1.807) is 7.11 Å². The molecule has 0 aromatic heterocycles. The van der Waals surface area contributed by atoms with Crippen molar-refractivity contribution in [3.05, 3.63) is 0 Å². The maximum Gasteiger partial charge on any atom is 0.224 e. The highest BCUT2D eigenvalue weighted by atomic mass is 16.5. The van der Waals surface area contributed by atoms with Crippen molar-refractivity contribution in [1.82, 2.24) is 10.6 Å². The van der Waals surface area contributed by atoms with Crippen LogP contribution in [0.2, 0.25) is 0 Å². The largest absolute Gasteiger partial charge is 0.382 e. The first-order valence-corrected chi connectivity index (χ1v) is 13.6. The fourth-order valence-electron chi connectivity index (χ4n) is 3.85. The van der Waals surface area contributed by atoms with Crippen LogP contribution in [0.15, 0.2) is 0 Å². The molecule has 0 rings (SSSR count). The van der Waals surface area contributed by atoms with Crippen molar-refractivity contribution in [2.75, 3.05) is 40.1 Å². The summed E-state index contributed by atoms with van der Waals surface area (Å²) in [6.07, 6.45) is 3.76. The number of ketones is 2. The predicted molar refractivity (Wildman–Crippen MR) is 140 cm³/mol. The van der Waals surface area contributed by atoms with Crippen LogP contribution in [0.4, 0.5) is 0 Å². The number of carbonyl (C=O) groups excluding carboxylic acids is 4. The fourth-order valence-corrected chi connectivity index (χ4v) is 3.85. The van der Waals surface area contributed by atoms with Crippen LogP contribution in [0.3, 0.4) is 0 Å². The fraction of sp³-hybridized carbons (Fsp3) is 0.852. The third-order valence-electron chi connectivity index (χ3n) is 6.41. The number of Topliss-reactive ketones (excluding diaryl/α,β-unsaturated/α-hetero) is 2. The Labute approximate surface area is 217 Å². The van der Waals surface area contributed by atoms with Gasteiger partial charge in [-0.1, -0.05) is 34.6 Å². The molecule has 2 amide bonds. The zero-order valence-electron chi connectivity index (χ0n) is 23.4. The van der Waals surface area contributed by atoms with Crippen molar-refractivity contribution in [3.8, 4) is 0 Å². The monoisotopic (exact) mass is 514 g/mol. The lowest BCUT2D eigenvalue weighted by atomic mass is 9.93. The number of hydrogen-bond donors (Lipinski definition) is 2. The molecule has 3 atom stereocenters. The number of hydrogen-bond acceptors (Lipinski definition) is 7. The van der Waals surface area contributed by atoms with E-state index in [2.05, 4.69) is 10.6 Å².